The van der Waals surface area contributed by atoms with Crippen molar-refractivity contribution < 1.29 is 82.0 Å². The molecule has 0 fully saturated rings. The molecule has 0 aliphatic heterocycles. The van der Waals surface area contributed by atoms with Gasteiger partial charge in [0.05, 0.1) is 11.2 Å². The van der Waals surface area contributed by atoms with E-state index < -0.39 is 21.3 Å². The molecule has 8 heteroatoms. The maximum Gasteiger partial charge on any atom is 1.00 e. The van der Waals surface area contributed by atoms with Gasteiger partial charge in [-0.05, 0) is 6.42 Å². The number of rotatable bonds is 4. The maximum atomic E-state index is 10.2. The second-order valence-corrected chi connectivity index (χ2v) is 3.64. The van der Waals surface area contributed by atoms with Crippen LogP contribution in [0.3, 0.4) is 0 Å². The van der Waals surface area contributed by atoms with Crippen LogP contribution < -0.4 is 64.2 Å². The molecule has 0 rings (SSSR count). The van der Waals surface area contributed by atoms with Gasteiger partial charge in [-0.25, -0.2) is 8.42 Å². The molecule has 1 atom stereocenters. The zero-order valence-corrected chi connectivity index (χ0v) is 12.8. The molecule has 66 valence electrons. The van der Waals surface area contributed by atoms with Gasteiger partial charge in [-0.15, -0.1) is 0 Å². The molecule has 13 heavy (non-hydrogen) atoms. The number of hydrogen-bond acceptors (Lipinski definition) is 5. The largest absolute Gasteiger partial charge is 1.00 e. The summed E-state index contributed by atoms with van der Waals surface area (Å²) in [6.45, 7) is 1.58. The van der Waals surface area contributed by atoms with Crippen molar-refractivity contribution >= 4 is 16.1 Å². The fourth-order valence-corrected chi connectivity index (χ4v) is 1.40. The molecule has 0 aromatic heterocycles. The number of hydrogen-bond donors (Lipinski definition) is 0. The van der Waals surface area contributed by atoms with Crippen LogP contribution in [0, 0.1) is 0 Å². The molecular formula is C5H8Na2O5S. The molecule has 0 bridgehead atoms. The monoisotopic (exact) mass is 226 g/mol. The van der Waals surface area contributed by atoms with Crippen LogP contribution >= 0.6 is 0 Å². The molecule has 0 aromatic rings. The number of carbonyl (C=O) groups excluding carboxylic acids is 1. The smallest absolute Gasteiger partial charge is 0.747 e. The van der Waals surface area contributed by atoms with Gasteiger partial charge in [0.25, 0.3) is 0 Å². The average Bonchev–Trinajstić information content (AvgIpc) is 1.79. The first-order chi connectivity index (χ1) is 4.89. The summed E-state index contributed by atoms with van der Waals surface area (Å²) in [5.41, 5.74) is 0. The first-order valence-corrected chi connectivity index (χ1v) is 4.52. The summed E-state index contributed by atoms with van der Waals surface area (Å²) in [5.74, 6) is -1.82. The Balaban J connectivity index is -0.000000500. The van der Waals surface area contributed by atoms with Crippen LogP contribution in [0.25, 0.3) is 0 Å². The van der Waals surface area contributed by atoms with E-state index in [-0.39, 0.29) is 65.5 Å². The Hall–Kier alpha value is 1.38. The molecule has 0 heterocycles. The molecule has 0 radical (unpaired) electrons. The normalized spacial score (nSPS) is 12.2. The van der Waals surface area contributed by atoms with Gasteiger partial charge in [0, 0.05) is 0 Å². The van der Waals surface area contributed by atoms with Crippen LogP contribution in [0.4, 0.5) is 0 Å². The minimum atomic E-state index is -4.74. The summed E-state index contributed by atoms with van der Waals surface area (Å²) >= 11 is 0. The second kappa shape index (κ2) is 8.67. The number of carbonyl (C=O) groups is 1. The minimum Gasteiger partial charge on any atom is -0.747 e. The first kappa shape index (κ1) is 19.9. The molecule has 0 amide bonds. The van der Waals surface area contributed by atoms with Crippen molar-refractivity contribution in [1.29, 1.82) is 0 Å². The predicted molar refractivity (Wildman–Crippen MR) is 33.4 cm³/mol. The van der Waals surface area contributed by atoms with E-state index in [1.165, 1.54) is 0 Å². The van der Waals surface area contributed by atoms with Crippen molar-refractivity contribution in [2.45, 2.75) is 25.0 Å². The maximum absolute atomic E-state index is 10.2. The Labute approximate surface area is 122 Å². The summed E-state index contributed by atoms with van der Waals surface area (Å²) in [6, 6.07) is 0. The molecule has 0 spiro atoms. The van der Waals surface area contributed by atoms with Gasteiger partial charge in [-0.3, -0.25) is 0 Å². The molecule has 0 N–H and O–H groups in total. The summed E-state index contributed by atoms with van der Waals surface area (Å²) in [7, 11) is -4.74. The molecular weight excluding hydrogens is 218 g/mol. The van der Waals surface area contributed by atoms with Gasteiger partial charge in [-0.2, -0.15) is 0 Å². The third-order valence-electron chi connectivity index (χ3n) is 1.16. The van der Waals surface area contributed by atoms with E-state index in [0.29, 0.717) is 6.42 Å². The van der Waals surface area contributed by atoms with Crippen LogP contribution in [0.2, 0.25) is 0 Å². The van der Waals surface area contributed by atoms with E-state index in [1.54, 1.807) is 6.92 Å². The van der Waals surface area contributed by atoms with Gasteiger partial charge in [0.1, 0.15) is 10.1 Å². The van der Waals surface area contributed by atoms with Crippen LogP contribution in [0.1, 0.15) is 19.8 Å². The van der Waals surface area contributed by atoms with Crippen molar-refractivity contribution in [2.24, 2.45) is 0 Å². The minimum absolute atomic E-state index is 0. The van der Waals surface area contributed by atoms with Gasteiger partial charge in [0.2, 0.25) is 0 Å². The van der Waals surface area contributed by atoms with Gasteiger partial charge >= 0.3 is 59.1 Å². The van der Waals surface area contributed by atoms with Crippen molar-refractivity contribution in [3.63, 3.8) is 0 Å². The van der Waals surface area contributed by atoms with E-state index >= 15 is 0 Å². The Kier molecular flexibility index (Phi) is 13.3. The molecule has 0 saturated heterocycles. The predicted octanol–water partition coefficient (Wildman–Crippen LogP) is -7.54. The van der Waals surface area contributed by atoms with E-state index in [0.717, 1.165) is 0 Å². The van der Waals surface area contributed by atoms with Gasteiger partial charge in [-0.1, -0.05) is 13.3 Å². The second-order valence-electron chi connectivity index (χ2n) is 2.09. The van der Waals surface area contributed by atoms with Crippen molar-refractivity contribution in [2.75, 3.05) is 0 Å². The third-order valence-corrected chi connectivity index (χ3v) is 2.29. The molecule has 0 aliphatic rings. The van der Waals surface area contributed by atoms with Crippen molar-refractivity contribution in [3.05, 3.63) is 0 Å². The van der Waals surface area contributed by atoms with Crippen LogP contribution in [-0.4, -0.2) is 24.2 Å². The summed E-state index contributed by atoms with van der Waals surface area (Å²) in [4.78, 5) is 10.0. The van der Waals surface area contributed by atoms with E-state index in [9.17, 15) is 22.9 Å². The fourth-order valence-electron chi connectivity index (χ4n) is 0.642. The summed E-state index contributed by atoms with van der Waals surface area (Å²) < 4.78 is 30.6. The van der Waals surface area contributed by atoms with Crippen molar-refractivity contribution in [3.8, 4) is 0 Å². The quantitative estimate of drug-likeness (QED) is 0.350. The Morgan fingerprint density at radius 1 is 1.38 bits per heavy atom. The standard InChI is InChI=1S/C5H10O5S.2Na/c1-2-3-4(5(6)7)11(8,9)10;;/h4H,2-3H2,1H3,(H,6,7)(H,8,9,10);;/q;2*+1/p-2. The number of aliphatic carboxylic acids is 1. The van der Waals surface area contributed by atoms with Gasteiger partial charge in [0.15, 0.2) is 0 Å². The van der Waals surface area contributed by atoms with Crippen LogP contribution in [0.5, 0.6) is 0 Å². The van der Waals surface area contributed by atoms with Crippen LogP contribution in [-0.2, 0) is 14.9 Å². The SMILES string of the molecule is CCCC(C(=O)[O-])S(=O)(=O)[O-].[Na+].[Na+]. The zero-order valence-electron chi connectivity index (χ0n) is 7.94. The summed E-state index contributed by atoms with van der Waals surface area (Å²) in [6.07, 6.45) is 0.133. The number of carboxylic acids is 1. The zero-order chi connectivity index (χ0) is 9.07. The topological polar surface area (TPSA) is 97.3 Å². The van der Waals surface area contributed by atoms with E-state index in [4.69, 9.17) is 0 Å². The Morgan fingerprint density at radius 2 is 1.77 bits per heavy atom. The Bertz CT molecular complexity index is 237. The molecule has 0 aromatic carbocycles. The third kappa shape index (κ3) is 8.38. The first-order valence-electron chi connectivity index (χ1n) is 3.05. The molecule has 0 saturated carbocycles. The average molecular weight is 226 g/mol. The molecule has 1 unspecified atom stereocenters. The van der Waals surface area contributed by atoms with Crippen LogP contribution in [0.15, 0.2) is 0 Å². The fraction of sp³-hybridized carbons (Fsp3) is 0.800. The van der Waals surface area contributed by atoms with Gasteiger partial charge < -0.3 is 14.5 Å². The van der Waals surface area contributed by atoms with E-state index in [1.807, 2.05) is 0 Å². The molecule has 0 aliphatic carbocycles. The van der Waals surface area contributed by atoms with Crippen molar-refractivity contribution in [1.82, 2.24) is 0 Å². The molecule has 5 nitrogen and oxygen atoms in total. The van der Waals surface area contributed by atoms with E-state index in [2.05, 4.69) is 0 Å². The Morgan fingerprint density at radius 3 is 1.85 bits per heavy atom. The summed E-state index contributed by atoms with van der Waals surface area (Å²) in [5, 5.41) is 8.15. The number of carboxylic acid groups (broad SMARTS) is 1.